The maximum absolute atomic E-state index is 12.2. The molecule has 3 aliphatic carbocycles. The smallest absolute Gasteiger partial charge is 0.330 e. The highest BCUT2D eigenvalue weighted by Gasteiger charge is 2.77. The lowest BCUT2D eigenvalue weighted by atomic mass is 9.35. The Kier molecular flexibility index (Phi) is 3.06. The molecule has 0 aromatic rings. The highest BCUT2D eigenvalue weighted by molar-refractivity contribution is 6.03. The highest BCUT2D eigenvalue weighted by atomic mass is 16.7. The first-order valence-corrected chi connectivity index (χ1v) is 7.93. The molecule has 2 heterocycles. The standard InChI is InChI=1S/C15H14N2O8/c18-8-1-2-9(19)16(8)24-12(22)14-5-15(6-14,7-14)13(23)25-17-10(20)3-4-11(17)21/h1-7H2. The summed E-state index contributed by atoms with van der Waals surface area (Å²) in [6.07, 6.45) is 0.458. The fraction of sp³-hybridized carbons (Fsp3) is 0.600. The molecule has 2 aliphatic heterocycles. The zero-order valence-corrected chi connectivity index (χ0v) is 13.1. The highest BCUT2D eigenvalue weighted by Crippen LogP contribution is 2.74. The molecule has 25 heavy (non-hydrogen) atoms. The van der Waals surface area contributed by atoms with Crippen LogP contribution in [0.4, 0.5) is 0 Å². The van der Waals surface area contributed by atoms with Crippen molar-refractivity contribution in [1.29, 1.82) is 0 Å². The minimum absolute atomic E-state index is 0.00721. The topological polar surface area (TPSA) is 127 Å². The summed E-state index contributed by atoms with van der Waals surface area (Å²) >= 11 is 0. The van der Waals surface area contributed by atoms with Gasteiger partial charge in [0.05, 0.1) is 10.8 Å². The largest absolute Gasteiger partial charge is 0.339 e. The SMILES string of the molecule is O=C1CCC(=O)N1OC(=O)C12CC(C(=O)ON3C(=O)CCC3=O)(C1)C2. The number of amides is 4. The van der Waals surface area contributed by atoms with Gasteiger partial charge in [-0.1, -0.05) is 0 Å². The molecule has 4 amide bonds. The third-order valence-corrected chi connectivity index (χ3v) is 5.26. The molecule has 5 aliphatic rings. The quantitative estimate of drug-likeness (QED) is 0.613. The number of hydrogen-bond acceptors (Lipinski definition) is 8. The van der Waals surface area contributed by atoms with Crippen LogP contribution in [0, 0.1) is 10.8 Å². The maximum atomic E-state index is 12.2. The molecule has 132 valence electrons. The molecule has 10 heteroatoms. The molecule has 0 atom stereocenters. The van der Waals surface area contributed by atoms with Gasteiger partial charge in [0.25, 0.3) is 23.6 Å². The van der Waals surface area contributed by atoms with Crippen LogP contribution in [0.2, 0.25) is 0 Å². The monoisotopic (exact) mass is 350 g/mol. The second-order valence-corrected chi connectivity index (χ2v) is 7.01. The Morgan fingerprint density at radius 3 is 1.20 bits per heavy atom. The normalized spacial score (nSPS) is 33.3. The van der Waals surface area contributed by atoms with Crippen molar-refractivity contribution in [1.82, 2.24) is 10.1 Å². The number of nitrogens with zero attached hydrogens (tertiary/aromatic N) is 2. The zero-order valence-electron chi connectivity index (χ0n) is 13.1. The fourth-order valence-electron chi connectivity index (χ4n) is 3.90. The van der Waals surface area contributed by atoms with Crippen molar-refractivity contribution >= 4 is 35.6 Å². The first kappa shape index (κ1) is 15.7. The average Bonchev–Trinajstić information content (AvgIpc) is 2.94. The minimum atomic E-state index is -0.915. The Hall–Kier alpha value is -2.78. The van der Waals surface area contributed by atoms with Gasteiger partial charge in [0, 0.05) is 25.7 Å². The molecule has 0 unspecified atom stereocenters. The lowest BCUT2D eigenvalue weighted by molar-refractivity contribution is -0.264. The number of imide groups is 2. The van der Waals surface area contributed by atoms with Gasteiger partial charge in [-0.15, -0.1) is 10.1 Å². The van der Waals surface area contributed by atoms with E-state index in [1.807, 2.05) is 0 Å². The minimum Gasteiger partial charge on any atom is -0.330 e. The summed E-state index contributed by atoms with van der Waals surface area (Å²) in [6.45, 7) is 0. The van der Waals surface area contributed by atoms with E-state index in [1.165, 1.54) is 0 Å². The third kappa shape index (κ3) is 2.09. The van der Waals surface area contributed by atoms with Crippen LogP contribution in [-0.2, 0) is 38.4 Å². The van der Waals surface area contributed by atoms with Crippen LogP contribution in [-0.4, -0.2) is 45.7 Å². The lowest BCUT2D eigenvalue weighted by Crippen LogP contribution is -2.70. The van der Waals surface area contributed by atoms with E-state index in [9.17, 15) is 28.8 Å². The van der Waals surface area contributed by atoms with E-state index in [0.717, 1.165) is 0 Å². The van der Waals surface area contributed by atoms with E-state index >= 15 is 0 Å². The zero-order chi connectivity index (χ0) is 18.0. The fourth-order valence-corrected chi connectivity index (χ4v) is 3.90. The van der Waals surface area contributed by atoms with Crippen molar-refractivity contribution in [3.8, 4) is 0 Å². The lowest BCUT2D eigenvalue weighted by Gasteiger charge is -2.65. The van der Waals surface area contributed by atoms with Crippen LogP contribution >= 0.6 is 0 Å². The van der Waals surface area contributed by atoms with Gasteiger partial charge in [-0.2, -0.15) is 0 Å². The number of rotatable bonds is 4. The summed E-state index contributed by atoms with van der Waals surface area (Å²) in [6, 6.07) is 0. The maximum Gasteiger partial charge on any atom is 0.339 e. The Labute approximate surface area is 140 Å². The van der Waals surface area contributed by atoms with Crippen LogP contribution in [0.25, 0.3) is 0 Å². The summed E-state index contributed by atoms with van der Waals surface area (Å²) in [4.78, 5) is 80.1. The van der Waals surface area contributed by atoms with Crippen molar-refractivity contribution in [2.24, 2.45) is 10.8 Å². The third-order valence-electron chi connectivity index (χ3n) is 5.26. The second kappa shape index (κ2) is 4.87. The summed E-state index contributed by atoms with van der Waals surface area (Å²) in [5, 5.41) is 0.963. The van der Waals surface area contributed by atoms with Crippen molar-refractivity contribution in [3.63, 3.8) is 0 Å². The van der Waals surface area contributed by atoms with Gasteiger partial charge in [0.2, 0.25) is 0 Å². The first-order chi connectivity index (χ1) is 11.8. The Bertz CT molecular complexity index is 645. The number of carbonyl (C=O) groups excluding carboxylic acids is 6. The van der Waals surface area contributed by atoms with Crippen LogP contribution < -0.4 is 0 Å². The van der Waals surface area contributed by atoms with E-state index in [-0.39, 0.29) is 44.9 Å². The summed E-state index contributed by atoms with van der Waals surface area (Å²) in [5.74, 6) is -3.70. The predicted octanol–water partition coefficient (Wildman–Crippen LogP) is -0.629. The van der Waals surface area contributed by atoms with E-state index in [1.54, 1.807) is 0 Å². The summed E-state index contributed by atoms with van der Waals surface area (Å²) < 4.78 is 0. The second-order valence-electron chi connectivity index (χ2n) is 7.01. The van der Waals surface area contributed by atoms with Gasteiger partial charge in [-0.3, -0.25) is 19.2 Å². The van der Waals surface area contributed by atoms with E-state index in [2.05, 4.69) is 0 Å². The van der Waals surface area contributed by atoms with Crippen LogP contribution in [0.1, 0.15) is 44.9 Å². The van der Waals surface area contributed by atoms with E-state index < -0.39 is 46.4 Å². The first-order valence-electron chi connectivity index (χ1n) is 7.93. The van der Waals surface area contributed by atoms with Gasteiger partial charge in [0.1, 0.15) is 0 Å². The van der Waals surface area contributed by atoms with Crippen molar-refractivity contribution in [2.45, 2.75) is 44.9 Å². The van der Waals surface area contributed by atoms with Crippen molar-refractivity contribution < 1.29 is 38.4 Å². The van der Waals surface area contributed by atoms with E-state index in [0.29, 0.717) is 10.1 Å². The van der Waals surface area contributed by atoms with Crippen LogP contribution in [0.15, 0.2) is 0 Å². The Morgan fingerprint density at radius 1 is 0.640 bits per heavy atom. The van der Waals surface area contributed by atoms with Crippen molar-refractivity contribution in [3.05, 3.63) is 0 Å². The number of hydroxylamine groups is 4. The van der Waals surface area contributed by atoms with Gasteiger partial charge in [-0.25, -0.2) is 9.59 Å². The van der Waals surface area contributed by atoms with Gasteiger partial charge in [0.15, 0.2) is 0 Å². The molecule has 0 aromatic carbocycles. The van der Waals surface area contributed by atoms with Crippen LogP contribution in [0.3, 0.4) is 0 Å². The molecule has 0 radical (unpaired) electrons. The van der Waals surface area contributed by atoms with Gasteiger partial charge in [-0.05, 0) is 19.3 Å². The average molecular weight is 350 g/mol. The molecule has 3 saturated carbocycles. The molecular formula is C15H14N2O8. The predicted molar refractivity (Wildman–Crippen MR) is 73.1 cm³/mol. The Morgan fingerprint density at radius 2 is 0.920 bits per heavy atom. The summed E-state index contributed by atoms with van der Waals surface area (Å²) in [5.41, 5.74) is -1.83. The van der Waals surface area contributed by atoms with Gasteiger partial charge >= 0.3 is 11.9 Å². The molecule has 0 aromatic heterocycles. The molecule has 10 nitrogen and oxygen atoms in total. The number of hydrogen-bond donors (Lipinski definition) is 0. The van der Waals surface area contributed by atoms with Gasteiger partial charge < -0.3 is 9.68 Å². The molecule has 0 spiro atoms. The molecule has 2 saturated heterocycles. The Balaban J connectivity index is 1.34. The van der Waals surface area contributed by atoms with Crippen LogP contribution in [0.5, 0.6) is 0 Å². The summed E-state index contributed by atoms with van der Waals surface area (Å²) in [7, 11) is 0. The van der Waals surface area contributed by atoms with E-state index in [4.69, 9.17) is 9.68 Å². The number of carbonyl (C=O) groups is 6. The molecular weight excluding hydrogens is 336 g/mol. The molecule has 2 bridgehead atoms. The molecule has 5 fully saturated rings. The molecule has 5 rings (SSSR count). The van der Waals surface area contributed by atoms with Crippen molar-refractivity contribution in [2.75, 3.05) is 0 Å². The molecule has 0 N–H and O–H groups in total.